The molecular formula is C19H17NO5. The number of carbonyl (C=O) groups excluding carboxylic acids is 2. The summed E-state index contributed by atoms with van der Waals surface area (Å²) in [7, 11) is 0. The standard InChI is InChI=1S/C19H17NO5/c1-13-3-2-4-15(9-13)20-18(21)11-23-19(22)8-6-14-5-7-16-17(10-14)25-12-24-16/h2-10H,11-12H2,1H3,(H,20,21). The van der Waals surface area contributed by atoms with Crippen LogP contribution in [0.1, 0.15) is 11.1 Å². The molecule has 3 rings (SSSR count). The van der Waals surface area contributed by atoms with Gasteiger partial charge in [0.25, 0.3) is 5.91 Å². The molecule has 1 aliphatic heterocycles. The highest BCUT2D eigenvalue weighted by atomic mass is 16.7. The van der Waals surface area contributed by atoms with E-state index in [-0.39, 0.29) is 13.4 Å². The van der Waals surface area contributed by atoms with Crippen LogP contribution in [0.2, 0.25) is 0 Å². The van der Waals surface area contributed by atoms with E-state index in [0.717, 1.165) is 11.1 Å². The highest BCUT2D eigenvalue weighted by molar-refractivity contribution is 5.94. The van der Waals surface area contributed by atoms with Gasteiger partial charge < -0.3 is 19.5 Å². The Hall–Kier alpha value is -3.28. The van der Waals surface area contributed by atoms with Crippen LogP contribution in [0.5, 0.6) is 11.5 Å². The third-order valence-corrected chi connectivity index (χ3v) is 3.46. The summed E-state index contributed by atoms with van der Waals surface area (Å²) in [5.41, 5.74) is 2.46. The molecule has 1 N–H and O–H groups in total. The van der Waals surface area contributed by atoms with Crippen molar-refractivity contribution < 1.29 is 23.8 Å². The van der Waals surface area contributed by atoms with Crippen molar-refractivity contribution in [3.63, 3.8) is 0 Å². The zero-order chi connectivity index (χ0) is 17.6. The van der Waals surface area contributed by atoms with E-state index in [1.807, 2.05) is 25.1 Å². The SMILES string of the molecule is Cc1cccc(NC(=O)COC(=O)C=Cc2ccc3c(c2)OCO3)c1. The number of benzene rings is 2. The lowest BCUT2D eigenvalue weighted by atomic mass is 10.2. The van der Waals surface area contributed by atoms with E-state index in [2.05, 4.69) is 5.32 Å². The van der Waals surface area contributed by atoms with Crippen LogP contribution >= 0.6 is 0 Å². The molecule has 0 saturated heterocycles. The molecule has 0 saturated carbocycles. The molecule has 0 atom stereocenters. The number of esters is 1. The Morgan fingerprint density at radius 3 is 2.84 bits per heavy atom. The maximum Gasteiger partial charge on any atom is 0.331 e. The predicted molar refractivity (Wildman–Crippen MR) is 92.4 cm³/mol. The number of carbonyl (C=O) groups is 2. The summed E-state index contributed by atoms with van der Waals surface area (Å²) in [6, 6.07) is 12.7. The number of aryl methyl sites for hydroxylation is 1. The summed E-state index contributed by atoms with van der Waals surface area (Å²) in [5, 5.41) is 2.67. The van der Waals surface area contributed by atoms with E-state index in [0.29, 0.717) is 17.2 Å². The quantitative estimate of drug-likeness (QED) is 0.670. The molecule has 2 aromatic carbocycles. The van der Waals surface area contributed by atoms with E-state index in [1.165, 1.54) is 6.08 Å². The third kappa shape index (κ3) is 4.60. The monoisotopic (exact) mass is 339 g/mol. The molecule has 0 aliphatic carbocycles. The minimum atomic E-state index is -0.600. The van der Waals surface area contributed by atoms with Gasteiger partial charge >= 0.3 is 5.97 Å². The first-order valence-electron chi connectivity index (χ1n) is 7.71. The van der Waals surface area contributed by atoms with E-state index in [1.54, 1.807) is 30.3 Å². The summed E-state index contributed by atoms with van der Waals surface area (Å²) in [4.78, 5) is 23.5. The maximum absolute atomic E-state index is 11.8. The van der Waals surface area contributed by atoms with Crippen molar-refractivity contribution in [2.45, 2.75) is 6.92 Å². The molecule has 0 spiro atoms. The molecule has 2 aromatic rings. The minimum Gasteiger partial charge on any atom is -0.454 e. The highest BCUT2D eigenvalue weighted by Gasteiger charge is 2.12. The second-order valence-corrected chi connectivity index (χ2v) is 5.47. The fourth-order valence-electron chi connectivity index (χ4n) is 2.29. The molecule has 6 nitrogen and oxygen atoms in total. The number of rotatable bonds is 5. The summed E-state index contributed by atoms with van der Waals surface area (Å²) < 4.78 is 15.4. The van der Waals surface area contributed by atoms with E-state index >= 15 is 0 Å². The molecule has 25 heavy (non-hydrogen) atoms. The van der Waals surface area contributed by atoms with Crippen molar-refractivity contribution in [2.24, 2.45) is 0 Å². The van der Waals surface area contributed by atoms with Crippen molar-refractivity contribution >= 4 is 23.6 Å². The van der Waals surface area contributed by atoms with Gasteiger partial charge in [-0.25, -0.2) is 4.79 Å². The van der Waals surface area contributed by atoms with E-state index in [9.17, 15) is 9.59 Å². The highest BCUT2D eigenvalue weighted by Crippen LogP contribution is 2.32. The van der Waals surface area contributed by atoms with Crippen molar-refractivity contribution in [2.75, 3.05) is 18.7 Å². The molecule has 0 fully saturated rings. The first kappa shape index (κ1) is 16.6. The van der Waals surface area contributed by atoms with Crippen molar-refractivity contribution in [1.29, 1.82) is 0 Å². The normalized spacial score (nSPS) is 12.2. The topological polar surface area (TPSA) is 73.9 Å². The first-order chi connectivity index (χ1) is 12.1. The largest absolute Gasteiger partial charge is 0.454 e. The van der Waals surface area contributed by atoms with Crippen LogP contribution in [-0.2, 0) is 14.3 Å². The molecule has 1 heterocycles. The van der Waals surface area contributed by atoms with Gasteiger partial charge in [0.2, 0.25) is 6.79 Å². The fourth-order valence-corrected chi connectivity index (χ4v) is 2.29. The van der Waals surface area contributed by atoms with Gasteiger partial charge in [0.05, 0.1) is 0 Å². The van der Waals surface area contributed by atoms with Gasteiger partial charge in [-0.05, 0) is 48.4 Å². The Balaban J connectivity index is 1.48. The fraction of sp³-hybridized carbons (Fsp3) is 0.158. The zero-order valence-electron chi connectivity index (χ0n) is 13.7. The van der Waals surface area contributed by atoms with Gasteiger partial charge in [0.1, 0.15) is 0 Å². The van der Waals surface area contributed by atoms with Gasteiger partial charge in [0.15, 0.2) is 18.1 Å². The van der Waals surface area contributed by atoms with Gasteiger partial charge in [-0.1, -0.05) is 18.2 Å². The number of amides is 1. The summed E-state index contributed by atoms with van der Waals surface area (Å²) >= 11 is 0. The Morgan fingerprint density at radius 2 is 2.00 bits per heavy atom. The average molecular weight is 339 g/mol. The Bertz CT molecular complexity index is 828. The second-order valence-electron chi connectivity index (χ2n) is 5.47. The number of hydrogen-bond acceptors (Lipinski definition) is 5. The number of fused-ring (bicyclic) bond motifs is 1. The molecule has 0 bridgehead atoms. The number of nitrogens with one attached hydrogen (secondary N) is 1. The molecular weight excluding hydrogens is 322 g/mol. The minimum absolute atomic E-state index is 0.195. The molecule has 0 unspecified atom stereocenters. The van der Waals surface area contributed by atoms with Crippen LogP contribution in [-0.4, -0.2) is 25.3 Å². The lowest BCUT2D eigenvalue weighted by molar-refractivity contribution is -0.142. The first-order valence-corrected chi connectivity index (χ1v) is 7.71. The Kier molecular flexibility index (Phi) is 4.99. The second kappa shape index (κ2) is 7.53. The van der Waals surface area contributed by atoms with Gasteiger partial charge in [0, 0.05) is 11.8 Å². The zero-order valence-corrected chi connectivity index (χ0v) is 13.7. The smallest absolute Gasteiger partial charge is 0.331 e. The van der Waals surface area contributed by atoms with Crippen LogP contribution in [0.4, 0.5) is 5.69 Å². The summed E-state index contributed by atoms with van der Waals surface area (Å²) in [5.74, 6) is 0.313. The van der Waals surface area contributed by atoms with Crippen LogP contribution in [0.15, 0.2) is 48.5 Å². The molecule has 128 valence electrons. The number of hydrogen-bond donors (Lipinski definition) is 1. The number of anilines is 1. The maximum atomic E-state index is 11.8. The van der Waals surface area contributed by atoms with Gasteiger partial charge in [-0.2, -0.15) is 0 Å². The van der Waals surface area contributed by atoms with Crippen molar-refractivity contribution in [1.82, 2.24) is 0 Å². The van der Waals surface area contributed by atoms with Crippen LogP contribution in [0.3, 0.4) is 0 Å². The molecule has 1 aliphatic rings. The van der Waals surface area contributed by atoms with E-state index < -0.39 is 11.9 Å². The van der Waals surface area contributed by atoms with Gasteiger partial charge in [-0.15, -0.1) is 0 Å². The summed E-state index contributed by atoms with van der Waals surface area (Å²) in [6.07, 6.45) is 2.85. The van der Waals surface area contributed by atoms with Crippen LogP contribution in [0, 0.1) is 6.92 Å². The number of ether oxygens (including phenoxy) is 3. The lowest BCUT2D eigenvalue weighted by Crippen LogP contribution is -2.20. The average Bonchev–Trinajstić information content (AvgIpc) is 3.06. The Labute approximate surface area is 145 Å². The van der Waals surface area contributed by atoms with Crippen molar-refractivity contribution in [3.05, 3.63) is 59.7 Å². The van der Waals surface area contributed by atoms with Crippen molar-refractivity contribution in [3.8, 4) is 11.5 Å². The van der Waals surface area contributed by atoms with Crippen LogP contribution in [0.25, 0.3) is 6.08 Å². The molecule has 0 radical (unpaired) electrons. The predicted octanol–water partition coefficient (Wildman–Crippen LogP) is 2.92. The molecule has 1 amide bonds. The Morgan fingerprint density at radius 1 is 1.16 bits per heavy atom. The third-order valence-electron chi connectivity index (χ3n) is 3.46. The molecule has 0 aromatic heterocycles. The van der Waals surface area contributed by atoms with Gasteiger partial charge in [-0.3, -0.25) is 4.79 Å². The summed E-state index contributed by atoms with van der Waals surface area (Å²) in [6.45, 7) is 1.77. The van der Waals surface area contributed by atoms with Crippen LogP contribution < -0.4 is 14.8 Å². The lowest BCUT2D eigenvalue weighted by Gasteiger charge is -2.06. The van der Waals surface area contributed by atoms with E-state index in [4.69, 9.17) is 14.2 Å². The molecule has 6 heteroatoms.